The molecule has 1 unspecified atom stereocenters. The quantitative estimate of drug-likeness (QED) is 0.462. The number of allylic oxidation sites excluding steroid dienone is 2. The number of unbranched alkanes of at least 4 members (excludes halogenated alkanes) is 2. The van der Waals surface area contributed by atoms with Gasteiger partial charge in [0.1, 0.15) is 12.2 Å². The lowest BCUT2D eigenvalue weighted by molar-refractivity contribution is -0.256. The van der Waals surface area contributed by atoms with Gasteiger partial charge >= 0.3 is 0 Å². The summed E-state index contributed by atoms with van der Waals surface area (Å²) in [4.78, 5) is 0. The van der Waals surface area contributed by atoms with Gasteiger partial charge in [0.05, 0.1) is 12.7 Å². The highest BCUT2D eigenvalue weighted by molar-refractivity contribution is 4.84. The van der Waals surface area contributed by atoms with E-state index in [4.69, 9.17) is 14.6 Å². The molecule has 0 aliphatic carbocycles. The van der Waals surface area contributed by atoms with E-state index >= 15 is 0 Å². The molecule has 0 bridgehead atoms. The minimum Gasteiger partial charge on any atom is -0.394 e. The third-order valence-electron chi connectivity index (χ3n) is 3.31. The molecular weight excluding hydrogens is 260 g/mol. The second-order valence-electron chi connectivity index (χ2n) is 5.62. The van der Waals surface area contributed by atoms with E-state index < -0.39 is 24.6 Å². The maximum Gasteiger partial charge on any atom is 0.160 e. The maximum atomic E-state index is 9.64. The molecule has 3 N–H and O–H groups in total. The summed E-state index contributed by atoms with van der Waals surface area (Å²) < 4.78 is 10.9. The van der Waals surface area contributed by atoms with Crippen LogP contribution in [0.1, 0.15) is 39.5 Å². The van der Waals surface area contributed by atoms with Crippen molar-refractivity contribution in [3.63, 3.8) is 0 Å². The summed E-state index contributed by atoms with van der Waals surface area (Å²) in [6.07, 6.45) is 4.36. The summed E-state index contributed by atoms with van der Waals surface area (Å²) in [6.45, 7) is 4.54. The molecule has 1 fully saturated rings. The highest BCUT2D eigenvalue weighted by Gasteiger charge is 2.36. The van der Waals surface area contributed by atoms with Crippen molar-refractivity contribution < 1.29 is 24.8 Å². The fourth-order valence-corrected chi connectivity index (χ4v) is 2.12. The molecule has 1 aliphatic heterocycles. The standard InChI is InChI=1S/C15H28O5/c1-11(2)7-5-3-4-6-8-19-14-9-12(17)15(18)13(10-16)20-14/h5,7,11-18H,3-4,6,8-10H2,1-2H3/b7-5+/t12-,13?,14-,15-/m1/s1. The van der Waals surface area contributed by atoms with Crippen molar-refractivity contribution in [3.05, 3.63) is 12.2 Å². The topological polar surface area (TPSA) is 79.2 Å². The summed E-state index contributed by atoms with van der Waals surface area (Å²) in [5.74, 6) is 0.588. The van der Waals surface area contributed by atoms with Crippen LogP contribution in [-0.4, -0.2) is 53.1 Å². The van der Waals surface area contributed by atoms with Crippen LogP contribution in [0.3, 0.4) is 0 Å². The summed E-state index contributed by atoms with van der Waals surface area (Å²) in [6, 6.07) is 0. The van der Waals surface area contributed by atoms with Crippen LogP contribution < -0.4 is 0 Å². The van der Waals surface area contributed by atoms with Crippen LogP contribution in [0.5, 0.6) is 0 Å². The second-order valence-corrected chi connectivity index (χ2v) is 5.62. The van der Waals surface area contributed by atoms with E-state index in [1.165, 1.54) is 0 Å². The largest absolute Gasteiger partial charge is 0.394 e. The molecule has 0 spiro atoms. The van der Waals surface area contributed by atoms with E-state index in [2.05, 4.69) is 26.0 Å². The first-order valence-electron chi connectivity index (χ1n) is 7.45. The third-order valence-corrected chi connectivity index (χ3v) is 3.31. The Hall–Kier alpha value is -0.460. The van der Waals surface area contributed by atoms with E-state index in [1.807, 2.05) is 0 Å². The van der Waals surface area contributed by atoms with Gasteiger partial charge in [-0.1, -0.05) is 26.0 Å². The van der Waals surface area contributed by atoms with E-state index in [0.29, 0.717) is 12.5 Å². The molecule has 0 saturated carbocycles. The second kappa shape index (κ2) is 9.47. The molecule has 0 amide bonds. The van der Waals surface area contributed by atoms with Gasteiger partial charge in [-0.3, -0.25) is 0 Å². The van der Waals surface area contributed by atoms with Crippen molar-refractivity contribution in [2.45, 2.75) is 64.1 Å². The molecule has 5 nitrogen and oxygen atoms in total. The van der Waals surface area contributed by atoms with E-state index in [1.54, 1.807) is 0 Å². The average molecular weight is 288 g/mol. The summed E-state index contributed by atoms with van der Waals surface area (Å²) in [5, 5.41) is 28.3. The lowest BCUT2D eigenvalue weighted by Crippen LogP contribution is -2.50. The molecule has 0 radical (unpaired) electrons. The van der Waals surface area contributed by atoms with E-state index in [0.717, 1.165) is 19.3 Å². The normalized spacial score (nSPS) is 31.3. The first-order chi connectivity index (χ1) is 9.54. The van der Waals surface area contributed by atoms with E-state index in [9.17, 15) is 10.2 Å². The molecule has 0 aromatic carbocycles. The summed E-state index contributed by atoms with van der Waals surface area (Å²) >= 11 is 0. The van der Waals surface area contributed by atoms with Gasteiger partial charge in [0.15, 0.2) is 6.29 Å². The Kier molecular flexibility index (Phi) is 8.33. The summed E-state index contributed by atoms with van der Waals surface area (Å²) in [5.41, 5.74) is 0. The molecule has 118 valence electrons. The Labute approximate surface area is 121 Å². The van der Waals surface area contributed by atoms with Gasteiger partial charge in [-0.15, -0.1) is 0 Å². The van der Waals surface area contributed by atoms with Crippen molar-refractivity contribution in [2.24, 2.45) is 5.92 Å². The van der Waals surface area contributed by atoms with Gasteiger partial charge in [-0.25, -0.2) is 0 Å². The Morgan fingerprint density at radius 3 is 2.70 bits per heavy atom. The Bertz CT molecular complexity index is 279. The number of hydrogen-bond donors (Lipinski definition) is 3. The summed E-state index contributed by atoms with van der Waals surface area (Å²) in [7, 11) is 0. The van der Waals surface area contributed by atoms with Gasteiger partial charge < -0.3 is 24.8 Å². The lowest BCUT2D eigenvalue weighted by Gasteiger charge is -2.36. The number of aliphatic hydroxyl groups is 3. The minimum atomic E-state index is -1.04. The predicted molar refractivity (Wildman–Crippen MR) is 76.2 cm³/mol. The monoisotopic (exact) mass is 288 g/mol. The zero-order chi connectivity index (χ0) is 15.0. The van der Waals surface area contributed by atoms with Gasteiger partial charge in [0, 0.05) is 13.0 Å². The van der Waals surface area contributed by atoms with Crippen LogP contribution in [0.25, 0.3) is 0 Å². The Morgan fingerprint density at radius 2 is 2.05 bits per heavy atom. The number of aliphatic hydroxyl groups excluding tert-OH is 3. The van der Waals surface area contributed by atoms with Crippen LogP contribution >= 0.6 is 0 Å². The first-order valence-corrected chi connectivity index (χ1v) is 7.45. The molecule has 4 atom stereocenters. The van der Waals surface area contributed by atoms with Crippen LogP contribution in [-0.2, 0) is 9.47 Å². The van der Waals surface area contributed by atoms with Crippen LogP contribution in [0.2, 0.25) is 0 Å². The molecule has 1 saturated heterocycles. The fraction of sp³-hybridized carbons (Fsp3) is 0.867. The van der Waals surface area contributed by atoms with Crippen molar-refractivity contribution in [1.29, 1.82) is 0 Å². The van der Waals surface area contributed by atoms with Gasteiger partial charge in [-0.05, 0) is 25.2 Å². The third kappa shape index (κ3) is 6.33. The number of rotatable bonds is 8. The van der Waals surface area contributed by atoms with Crippen molar-refractivity contribution in [2.75, 3.05) is 13.2 Å². The maximum absolute atomic E-state index is 9.64. The van der Waals surface area contributed by atoms with Crippen molar-refractivity contribution in [1.82, 2.24) is 0 Å². The number of hydrogen-bond acceptors (Lipinski definition) is 5. The van der Waals surface area contributed by atoms with Gasteiger partial charge in [0.25, 0.3) is 0 Å². The van der Waals surface area contributed by atoms with Crippen LogP contribution in [0.4, 0.5) is 0 Å². The van der Waals surface area contributed by atoms with E-state index in [-0.39, 0.29) is 13.0 Å². The first kappa shape index (κ1) is 17.6. The Morgan fingerprint density at radius 1 is 1.30 bits per heavy atom. The molecule has 0 aromatic rings. The highest BCUT2D eigenvalue weighted by Crippen LogP contribution is 2.21. The predicted octanol–water partition coefficient (Wildman–Crippen LogP) is 1.21. The molecule has 5 heteroatoms. The molecule has 0 aromatic heterocycles. The molecule has 1 rings (SSSR count). The average Bonchev–Trinajstić information content (AvgIpc) is 2.41. The zero-order valence-electron chi connectivity index (χ0n) is 12.4. The zero-order valence-corrected chi connectivity index (χ0v) is 12.4. The Balaban J connectivity index is 2.13. The molecular formula is C15H28O5. The van der Waals surface area contributed by atoms with Gasteiger partial charge in [-0.2, -0.15) is 0 Å². The fourth-order valence-electron chi connectivity index (χ4n) is 2.12. The lowest BCUT2D eigenvalue weighted by atomic mass is 10.0. The van der Waals surface area contributed by atoms with Crippen LogP contribution in [0, 0.1) is 5.92 Å². The SMILES string of the molecule is CC(C)/C=C/CCCCO[C@H]1C[C@@H](O)[C@@H](O)C(CO)O1. The van der Waals surface area contributed by atoms with Crippen molar-refractivity contribution >= 4 is 0 Å². The molecule has 20 heavy (non-hydrogen) atoms. The van der Waals surface area contributed by atoms with Crippen LogP contribution in [0.15, 0.2) is 12.2 Å². The number of ether oxygens (including phenoxy) is 2. The molecule has 1 heterocycles. The smallest absolute Gasteiger partial charge is 0.160 e. The minimum absolute atomic E-state index is 0.241. The highest BCUT2D eigenvalue weighted by atomic mass is 16.7. The van der Waals surface area contributed by atoms with Gasteiger partial charge in [0.2, 0.25) is 0 Å². The molecule has 1 aliphatic rings. The van der Waals surface area contributed by atoms with Crippen molar-refractivity contribution in [3.8, 4) is 0 Å².